The van der Waals surface area contributed by atoms with E-state index in [-0.39, 0.29) is 57.7 Å². The van der Waals surface area contributed by atoms with Crippen molar-refractivity contribution in [2.75, 3.05) is 62.0 Å². The van der Waals surface area contributed by atoms with E-state index >= 15 is 14.4 Å². The number of hydrogen-bond donors (Lipinski definition) is 6. The van der Waals surface area contributed by atoms with E-state index in [1.807, 2.05) is 0 Å². The van der Waals surface area contributed by atoms with Crippen molar-refractivity contribution in [1.82, 2.24) is 50.2 Å². The molecular weight excluding hydrogens is 1200 g/mol. The number of likely N-dealkylation sites (tertiary alicyclic amines) is 2. The molecule has 0 aromatic heterocycles. The predicted molar refractivity (Wildman–Crippen MR) is 344 cm³/mol. The fourth-order valence-electron chi connectivity index (χ4n) is 12.5. The number of primary amides is 2. The maximum Gasteiger partial charge on any atom is 0.326 e. The Kier molecular flexibility index (Phi) is 29.4. The lowest BCUT2D eigenvalue weighted by atomic mass is 9.92. The maximum atomic E-state index is 15.2. The Morgan fingerprint density at radius 2 is 1.00 bits per heavy atom. The molecule has 12 amide bonds. The highest BCUT2D eigenvalue weighted by Gasteiger charge is 2.47. The van der Waals surface area contributed by atoms with Crippen LogP contribution in [-0.4, -0.2) is 239 Å². The van der Waals surface area contributed by atoms with E-state index in [0.717, 1.165) is 14.7 Å². The fraction of sp³-hybridized carbons (Fsp3) is 0.621. The summed E-state index contributed by atoms with van der Waals surface area (Å²) in [4.78, 5) is 191. The van der Waals surface area contributed by atoms with Gasteiger partial charge in [-0.15, -0.1) is 0 Å². The second-order valence-corrected chi connectivity index (χ2v) is 25.7. The number of likely N-dealkylation sites (N-methyl/N-ethyl adjacent to an activating group) is 5. The molecule has 0 unspecified atom stereocenters. The first-order valence-electron chi connectivity index (χ1n) is 31.9. The zero-order valence-electron chi connectivity index (χ0n) is 56.5. The molecule has 2 fully saturated rings. The third-order valence-electron chi connectivity index (χ3n) is 17.6. The molecule has 2 aromatic carbocycles. The van der Waals surface area contributed by atoms with Gasteiger partial charge in [0.25, 0.3) is 0 Å². The minimum atomic E-state index is -1.70. The lowest BCUT2D eigenvalue weighted by Gasteiger charge is -2.42. The largest absolute Gasteiger partial charge is 0.480 e. The summed E-state index contributed by atoms with van der Waals surface area (Å²) in [6, 6.07) is 4.45. The van der Waals surface area contributed by atoms with E-state index in [9.17, 15) is 53.1 Å². The Bertz CT molecular complexity index is 2970. The Hall–Kier alpha value is -8.49. The SMILES string of the molecule is CC[C@@H](C)[C@@H](C(=O)N(C)[C@H](C(=O)N(C)[C@@H](CC(C)C)C(=O)N[C@@H](CC(N)=O)C(=O)N[C@H](Cc1ccccc1)C(=O)N1CCC[C@H]1C(=O)N1CCC[C@H]1C(=O)O)C(C)C)N(C)C(=O)[C@H](CC(N)=O)N(C)C(=O)[C@H](C(C)C)N(C)C(=O)[C@@H](Cc1ccccc1)NC(=O)COC. The lowest BCUT2D eigenvalue weighted by molar-refractivity contribution is -0.158. The molecule has 2 heterocycles. The summed E-state index contributed by atoms with van der Waals surface area (Å²) in [6.45, 7) is 13.8. The molecule has 0 aliphatic carbocycles. The Balaban J connectivity index is 1.64. The van der Waals surface area contributed by atoms with Crippen molar-refractivity contribution in [3.63, 3.8) is 0 Å². The van der Waals surface area contributed by atoms with Crippen molar-refractivity contribution in [2.24, 2.45) is 35.1 Å². The Labute approximate surface area is 546 Å². The molecule has 514 valence electrons. The summed E-state index contributed by atoms with van der Waals surface area (Å²) in [5, 5.41) is 17.9. The molecule has 0 radical (unpaired) electrons. The van der Waals surface area contributed by atoms with Crippen molar-refractivity contribution >= 4 is 76.9 Å². The molecule has 0 bridgehead atoms. The van der Waals surface area contributed by atoms with E-state index < -0.39 is 168 Å². The standard InChI is InChI=1S/C66H100N12O15/c1-15-41(8)56(76(13)61(86)50(36-52(68)80)73(10)64(89)54(39(4)5)74(11)59(84)45(69-53(81)37-93-14)33-42-24-18-16-19-25-42)65(90)75(12)55(40(6)7)63(88)72(9)49(32-38(2)3)58(83)70-44(35-51(67)79)57(82)71-46(34-43-26-20-17-21-27-43)60(85)77-30-22-28-47(77)62(87)78-31-23-29-48(78)66(91)92/h16-21,24-27,38-41,44-50,54-56H,15,22-23,28-37H2,1-14H3,(H2,67,79)(H2,68,80)(H,69,81)(H,70,83)(H,71,82)(H,91,92)/t41-,44+,45-,46-,47+,48+,49+,50+,54+,55+,56+/m1/s1. The van der Waals surface area contributed by atoms with E-state index in [1.165, 1.54) is 61.9 Å². The molecule has 27 nitrogen and oxygen atoms in total. The second-order valence-electron chi connectivity index (χ2n) is 25.7. The first-order valence-corrected chi connectivity index (χ1v) is 31.9. The fourth-order valence-corrected chi connectivity index (χ4v) is 12.5. The van der Waals surface area contributed by atoms with Crippen LogP contribution < -0.4 is 27.4 Å². The maximum absolute atomic E-state index is 15.2. The van der Waals surface area contributed by atoms with Crippen LogP contribution in [0.4, 0.5) is 0 Å². The highest BCUT2D eigenvalue weighted by Crippen LogP contribution is 2.28. The van der Waals surface area contributed by atoms with Gasteiger partial charge < -0.3 is 71.6 Å². The number of ether oxygens (including phenoxy) is 1. The number of aliphatic carboxylic acids is 1. The number of carbonyl (C=O) groups is 13. The number of carboxylic acid groups (broad SMARTS) is 1. The van der Waals surface area contributed by atoms with Gasteiger partial charge in [-0.2, -0.15) is 0 Å². The van der Waals surface area contributed by atoms with Gasteiger partial charge in [-0.25, -0.2) is 4.79 Å². The van der Waals surface area contributed by atoms with Gasteiger partial charge in [-0.3, -0.25) is 57.5 Å². The number of benzene rings is 2. The van der Waals surface area contributed by atoms with Crippen LogP contribution >= 0.6 is 0 Å². The summed E-state index contributed by atoms with van der Waals surface area (Å²) in [7, 11) is 8.08. The molecule has 0 spiro atoms. The number of nitrogens with two attached hydrogens (primary N) is 2. The number of methoxy groups -OCH3 is 1. The molecule has 0 saturated carbocycles. The first kappa shape index (κ1) is 77.0. The van der Waals surface area contributed by atoms with Crippen LogP contribution in [0, 0.1) is 23.7 Å². The molecule has 8 N–H and O–H groups in total. The van der Waals surface area contributed by atoms with Gasteiger partial charge in [0, 0.05) is 68.3 Å². The lowest BCUT2D eigenvalue weighted by Crippen LogP contribution is -2.63. The minimum absolute atomic E-state index is 0.00175. The quantitative estimate of drug-likeness (QED) is 0.0568. The molecule has 27 heteroatoms. The van der Waals surface area contributed by atoms with E-state index in [1.54, 1.807) is 116 Å². The highest BCUT2D eigenvalue weighted by atomic mass is 16.5. The van der Waals surface area contributed by atoms with Crippen LogP contribution in [0.5, 0.6) is 0 Å². The van der Waals surface area contributed by atoms with Crippen molar-refractivity contribution in [2.45, 2.75) is 180 Å². The van der Waals surface area contributed by atoms with E-state index in [0.29, 0.717) is 30.4 Å². The monoisotopic (exact) mass is 1300 g/mol. The smallest absolute Gasteiger partial charge is 0.326 e. The van der Waals surface area contributed by atoms with E-state index in [2.05, 4.69) is 16.0 Å². The topological polar surface area (TPSA) is 362 Å². The zero-order chi connectivity index (χ0) is 69.9. The molecular formula is C66H100N12O15. The molecule has 2 aromatic rings. The van der Waals surface area contributed by atoms with Crippen molar-refractivity contribution in [1.29, 1.82) is 0 Å². The van der Waals surface area contributed by atoms with Crippen LogP contribution in [0.15, 0.2) is 60.7 Å². The van der Waals surface area contributed by atoms with Gasteiger partial charge in [0.15, 0.2) is 0 Å². The summed E-state index contributed by atoms with van der Waals surface area (Å²) >= 11 is 0. The predicted octanol–water partition coefficient (Wildman–Crippen LogP) is 0.929. The van der Waals surface area contributed by atoms with Crippen LogP contribution in [0.3, 0.4) is 0 Å². The van der Waals surface area contributed by atoms with Crippen LogP contribution in [0.1, 0.15) is 118 Å². The third kappa shape index (κ3) is 20.5. The summed E-state index contributed by atoms with van der Waals surface area (Å²) in [6.07, 6.45) is 0.260. The van der Waals surface area contributed by atoms with Crippen LogP contribution in [-0.2, 0) is 79.9 Å². The van der Waals surface area contributed by atoms with Gasteiger partial charge in [0.2, 0.25) is 70.9 Å². The van der Waals surface area contributed by atoms with Gasteiger partial charge >= 0.3 is 5.97 Å². The molecule has 2 saturated heterocycles. The van der Waals surface area contributed by atoms with Crippen molar-refractivity contribution in [3.05, 3.63) is 71.8 Å². The normalized spacial score (nSPS) is 17.6. The molecule has 4 rings (SSSR count). The average Bonchev–Trinajstić information content (AvgIpc) is 1.72. The van der Waals surface area contributed by atoms with Crippen molar-refractivity contribution in [3.8, 4) is 0 Å². The number of carbonyl (C=O) groups excluding carboxylic acids is 12. The number of hydrogen-bond acceptors (Lipinski definition) is 14. The number of nitrogens with one attached hydrogen (secondary N) is 3. The average molecular weight is 1300 g/mol. The molecule has 93 heavy (non-hydrogen) atoms. The third-order valence-corrected chi connectivity index (χ3v) is 17.6. The summed E-state index contributed by atoms with van der Waals surface area (Å²) in [5.41, 5.74) is 12.8. The van der Waals surface area contributed by atoms with E-state index in [4.69, 9.17) is 16.2 Å². The molecule has 11 atom stereocenters. The second kappa shape index (κ2) is 35.5. The van der Waals surface area contributed by atoms with Gasteiger partial charge in [-0.1, -0.05) is 122 Å². The number of nitrogens with zero attached hydrogens (tertiary/aromatic N) is 7. The highest BCUT2D eigenvalue weighted by molar-refractivity contribution is 6.00. The van der Waals surface area contributed by atoms with Crippen LogP contribution in [0.25, 0.3) is 0 Å². The number of amides is 12. The van der Waals surface area contributed by atoms with Crippen LogP contribution in [0.2, 0.25) is 0 Å². The summed E-state index contributed by atoms with van der Waals surface area (Å²) in [5.74, 6) is -12.6. The zero-order valence-corrected chi connectivity index (χ0v) is 56.5. The molecule has 2 aliphatic rings. The van der Waals surface area contributed by atoms with Gasteiger partial charge in [0.1, 0.15) is 67.0 Å². The first-order chi connectivity index (χ1) is 43.7. The van der Waals surface area contributed by atoms with Crippen molar-refractivity contribution < 1.29 is 72.2 Å². The number of carboxylic acids is 1. The van der Waals surface area contributed by atoms with Gasteiger partial charge in [-0.05, 0) is 66.9 Å². The minimum Gasteiger partial charge on any atom is -0.480 e. The molecule has 2 aliphatic heterocycles. The van der Waals surface area contributed by atoms with Gasteiger partial charge in [0.05, 0.1) is 12.8 Å². The summed E-state index contributed by atoms with van der Waals surface area (Å²) < 4.78 is 5.00. The Morgan fingerprint density at radius 3 is 1.47 bits per heavy atom. The number of rotatable bonds is 34. The Morgan fingerprint density at radius 1 is 0.548 bits per heavy atom.